The Bertz CT molecular complexity index is 597. The molecule has 3 N–H and O–H groups in total. The van der Waals surface area contributed by atoms with Gasteiger partial charge in [-0.25, -0.2) is 0 Å². The van der Waals surface area contributed by atoms with Crippen LogP contribution < -0.4 is 11.1 Å². The zero-order valence-corrected chi connectivity index (χ0v) is 11.3. The first kappa shape index (κ1) is 13.3. The molecular weight excluding hydrogens is 244 g/mol. The zero-order valence-electron chi connectivity index (χ0n) is 11.3. The van der Waals surface area contributed by atoms with Crippen LogP contribution in [0, 0.1) is 6.92 Å². The Labute approximate surface area is 111 Å². The van der Waals surface area contributed by atoms with Crippen LogP contribution in [0.15, 0.2) is 12.3 Å². The van der Waals surface area contributed by atoms with Crippen LogP contribution >= 0.6 is 0 Å². The lowest BCUT2D eigenvalue weighted by Gasteiger charge is -2.05. The summed E-state index contributed by atoms with van der Waals surface area (Å²) in [5, 5.41) is 11.2. The lowest BCUT2D eigenvalue weighted by molar-refractivity contribution is 0.101. The van der Waals surface area contributed by atoms with Gasteiger partial charge in [0, 0.05) is 31.9 Å². The molecule has 0 radical (unpaired) electrons. The first-order chi connectivity index (χ1) is 9.05. The molecule has 0 saturated carbocycles. The normalized spacial score (nSPS) is 10.7. The molecule has 0 aromatic carbocycles. The first-order valence-corrected chi connectivity index (χ1v) is 6.13. The zero-order chi connectivity index (χ0) is 14.0. The lowest BCUT2D eigenvalue weighted by atomic mass is 10.3. The SMILES string of the molecule is CCn1nc(C)cc1C(=O)Nc1nn(C)cc1CN. The summed E-state index contributed by atoms with van der Waals surface area (Å²) in [6.07, 6.45) is 1.79. The van der Waals surface area contributed by atoms with Crippen molar-refractivity contribution < 1.29 is 4.79 Å². The third kappa shape index (κ3) is 2.65. The van der Waals surface area contributed by atoms with Crippen molar-refractivity contribution in [2.24, 2.45) is 12.8 Å². The van der Waals surface area contributed by atoms with E-state index >= 15 is 0 Å². The molecule has 2 rings (SSSR count). The van der Waals surface area contributed by atoms with Crippen molar-refractivity contribution in [2.45, 2.75) is 26.9 Å². The molecule has 1 amide bonds. The van der Waals surface area contributed by atoms with E-state index in [1.54, 1.807) is 28.7 Å². The fraction of sp³-hybridized carbons (Fsp3) is 0.417. The van der Waals surface area contributed by atoms with Crippen LogP contribution in [0.1, 0.15) is 28.7 Å². The van der Waals surface area contributed by atoms with Gasteiger partial charge in [0.05, 0.1) is 5.69 Å². The van der Waals surface area contributed by atoms with Gasteiger partial charge in [0.2, 0.25) is 0 Å². The molecule has 0 bridgehead atoms. The molecule has 2 aromatic rings. The second-order valence-electron chi connectivity index (χ2n) is 4.32. The summed E-state index contributed by atoms with van der Waals surface area (Å²) in [5.41, 5.74) is 7.75. The molecule has 7 heteroatoms. The predicted molar refractivity (Wildman–Crippen MR) is 71.7 cm³/mol. The highest BCUT2D eigenvalue weighted by molar-refractivity contribution is 6.02. The van der Waals surface area contributed by atoms with Crippen LogP contribution in [0.2, 0.25) is 0 Å². The highest BCUT2D eigenvalue weighted by atomic mass is 16.2. The number of hydrogen-bond acceptors (Lipinski definition) is 4. The third-order valence-electron chi connectivity index (χ3n) is 2.79. The van der Waals surface area contributed by atoms with Gasteiger partial charge in [-0.15, -0.1) is 0 Å². The fourth-order valence-electron chi connectivity index (χ4n) is 1.93. The second-order valence-corrected chi connectivity index (χ2v) is 4.32. The van der Waals surface area contributed by atoms with Crippen molar-refractivity contribution in [1.82, 2.24) is 19.6 Å². The number of nitrogens with one attached hydrogen (secondary N) is 1. The molecule has 7 nitrogen and oxygen atoms in total. The molecule has 102 valence electrons. The van der Waals surface area contributed by atoms with Gasteiger partial charge < -0.3 is 11.1 Å². The third-order valence-corrected chi connectivity index (χ3v) is 2.79. The van der Waals surface area contributed by atoms with Crippen LogP contribution in [0.5, 0.6) is 0 Å². The maximum absolute atomic E-state index is 12.2. The van der Waals surface area contributed by atoms with E-state index in [9.17, 15) is 4.79 Å². The maximum atomic E-state index is 12.2. The van der Waals surface area contributed by atoms with E-state index in [0.717, 1.165) is 11.3 Å². The number of nitrogens with zero attached hydrogens (tertiary/aromatic N) is 4. The Hall–Kier alpha value is -2.15. The molecule has 0 aliphatic heterocycles. The molecule has 2 aromatic heterocycles. The van der Waals surface area contributed by atoms with Gasteiger partial charge in [0.15, 0.2) is 5.82 Å². The van der Waals surface area contributed by atoms with Gasteiger partial charge in [-0.3, -0.25) is 14.2 Å². The van der Waals surface area contributed by atoms with Gasteiger partial charge in [0.25, 0.3) is 5.91 Å². The summed E-state index contributed by atoms with van der Waals surface area (Å²) >= 11 is 0. The van der Waals surface area contributed by atoms with Crippen LogP contribution in [0.3, 0.4) is 0 Å². The minimum Gasteiger partial charge on any atom is -0.326 e. The number of aromatic nitrogens is 4. The number of aryl methyl sites for hydroxylation is 3. The minimum atomic E-state index is -0.226. The van der Waals surface area contributed by atoms with Crippen LogP contribution in [0.25, 0.3) is 0 Å². The van der Waals surface area contributed by atoms with Crippen molar-refractivity contribution in [3.05, 3.63) is 29.2 Å². The van der Waals surface area contributed by atoms with Gasteiger partial charge in [-0.1, -0.05) is 0 Å². The van der Waals surface area contributed by atoms with E-state index in [2.05, 4.69) is 15.5 Å². The van der Waals surface area contributed by atoms with Crippen molar-refractivity contribution in [2.75, 3.05) is 5.32 Å². The standard InChI is InChI=1S/C12H18N6O/c1-4-18-10(5-8(2)15-18)12(19)14-11-9(6-13)7-17(3)16-11/h5,7H,4,6,13H2,1-3H3,(H,14,16,19). The summed E-state index contributed by atoms with van der Waals surface area (Å²) in [5.74, 6) is 0.271. The minimum absolute atomic E-state index is 0.226. The largest absolute Gasteiger partial charge is 0.326 e. The van der Waals surface area contributed by atoms with Crippen molar-refractivity contribution in [1.29, 1.82) is 0 Å². The quantitative estimate of drug-likeness (QED) is 0.846. The Morgan fingerprint density at radius 3 is 2.84 bits per heavy atom. The number of nitrogens with two attached hydrogens (primary N) is 1. The smallest absolute Gasteiger partial charge is 0.275 e. The van der Waals surface area contributed by atoms with E-state index in [1.165, 1.54) is 0 Å². The molecule has 0 spiro atoms. The molecule has 0 saturated heterocycles. The number of amides is 1. The summed E-state index contributed by atoms with van der Waals surface area (Å²) in [4.78, 5) is 12.2. The Balaban J connectivity index is 2.25. The summed E-state index contributed by atoms with van der Waals surface area (Å²) in [6.45, 7) is 4.77. The van der Waals surface area contributed by atoms with E-state index < -0.39 is 0 Å². The molecule has 0 aliphatic rings. The van der Waals surface area contributed by atoms with E-state index in [1.807, 2.05) is 13.8 Å². The number of carbonyl (C=O) groups is 1. The highest BCUT2D eigenvalue weighted by Gasteiger charge is 2.16. The topological polar surface area (TPSA) is 90.8 Å². The number of rotatable bonds is 4. The predicted octanol–water partition coefficient (Wildman–Crippen LogP) is 0.656. The molecule has 0 atom stereocenters. The van der Waals surface area contributed by atoms with E-state index in [0.29, 0.717) is 24.6 Å². The summed E-state index contributed by atoms with van der Waals surface area (Å²) in [7, 11) is 1.79. The number of hydrogen-bond donors (Lipinski definition) is 2. The van der Waals surface area contributed by atoms with Crippen molar-refractivity contribution >= 4 is 11.7 Å². The molecule has 0 unspecified atom stereocenters. The van der Waals surface area contributed by atoms with Gasteiger partial charge in [0.1, 0.15) is 5.69 Å². The maximum Gasteiger partial charge on any atom is 0.275 e. The Kier molecular flexibility index (Phi) is 3.66. The van der Waals surface area contributed by atoms with Crippen molar-refractivity contribution in [3.63, 3.8) is 0 Å². The average Bonchev–Trinajstić information content (AvgIpc) is 2.92. The van der Waals surface area contributed by atoms with E-state index in [4.69, 9.17) is 5.73 Å². The van der Waals surface area contributed by atoms with Crippen LogP contribution in [-0.4, -0.2) is 25.5 Å². The van der Waals surface area contributed by atoms with Crippen LogP contribution in [0.4, 0.5) is 5.82 Å². The van der Waals surface area contributed by atoms with Crippen molar-refractivity contribution in [3.8, 4) is 0 Å². The molecule has 0 aliphatic carbocycles. The van der Waals surface area contributed by atoms with Gasteiger partial charge in [-0.2, -0.15) is 10.2 Å². The van der Waals surface area contributed by atoms with Crippen LogP contribution in [-0.2, 0) is 20.1 Å². The highest BCUT2D eigenvalue weighted by Crippen LogP contribution is 2.13. The molecule has 0 fully saturated rings. The Morgan fingerprint density at radius 2 is 2.21 bits per heavy atom. The Morgan fingerprint density at radius 1 is 1.47 bits per heavy atom. The fourth-order valence-corrected chi connectivity index (χ4v) is 1.93. The van der Waals surface area contributed by atoms with E-state index in [-0.39, 0.29) is 5.91 Å². The average molecular weight is 262 g/mol. The van der Waals surface area contributed by atoms with Gasteiger partial charge >= 0.3 is 0 Å². The lowest BCUT2D eigenvalue weighted by Crippen LogP contribution is -2.18. The van der Waals surface area contributed by atoms with Gasteiger partial charge in [-0.05, 0) is 19.9 Å². The first-order valence-electron chi connectivity index (χ1n) is 6.13. The molecule has 19 heavy (non-hydrogen) atoms. The number of carbonyl (C=O) groups excluding carboxylic acids is 1. The second kappa shape index (κ2) is 5.23. The summed E-state index contributed by atoms with van der Waals surface area (Å²) < 4.78 is 3.29. The summed E-state index contributed by atoms with van der Waals surface area (Å²) in [6, 6.07) is 1.75. The molecule has 2 heterocycles. The number of anilines is 1. The monoisotopic (exact) mass is 262 g/mol. The molecular formula is C12H18N6O.